The number of carbonyl (C=O) groups excluding carboxylic acids is 1. The first-order valence-corrected chi connectivity index (χ1v) is 5.80. The summed E-state index contributed by atoms with van der Waals surface area (Å²) in [5.41, 5.74) is -0.581. The van der Waals surface area contributed by atoms with Crippen molar-refractivity contribution in [3.63, 3.8) is 0 Å². The molecule has 8 heteroatoms. The number of rotatable bonds is 5. The lowest BCUT2D eigenvalue weighted by Gasteiger charge is -2.14. The van der Waals surface area contributed by atoms with Crippen molar-refractivity contribution in [3.8, 4) is 0 Å². The molecule has 0 aromatic heterocycles. The summed E-state index contributed by atoms with van der Waals surface area (Å²) >= 11 is 0. The SMILES string of the molecule is CCCC(NC(=O)Nc1ccc(F)c(F)c1F)C(=O)O. The Bertz CT molecular complexity index is 523. The molecular formula is C12H13F3N2O3. The molecule has 3 N–H and O–H groups in total. The third kappa shape index (κ3) is 3.87. The second kappa shape index (κ2) is 6.78. The maximum Gasteiger partial charge on any atom is 0.326 e. The molecule has 1 unspecified atom stereocenters. The lowest BCUT2D eigenvalue weighted by Crippen LogP contribution is -2.43. The van der Waals surface area contributed by atoms with E-state index in [-0.39, 0.29) is 6.42 Å². The number of carbonyl (C=O) groups is 2. The Kier molecular flexibility index (Phi) is 5.36. The van der Waals surface area contributed by atoms with Gasteiger partial charge in [-0.25, -0.2) is 22.8 Å². The van der Waals surface area contributed by atoms with Crippen molar-refractivity contribution < 1.29 is 27.9 Å². The molecule has 0 aliphatic carbocycles. The molecule has 0 bridgehead atoms. The van der Waals surface area contributed by atoms with E-state index in [0.29, 0.717) is 12.5 Å². The van der Waals surface area contributed by atoms with E-state index in [2.05, 4.69) is 5.32 Å². The molecular weight excluding hydrogens is 277 g/mol. The van der Waals surface area contributed by atoms with Gasteiger partial charge in [0.15, 0.2) is 17.5 Å². The predicted molar refractivity (Wildman–Crippen MR) is 64.8 cm³/mol. The summed E-state index contributed by atoms with van der Waals surface area (Å²) < 4.78 is 38.9. The van der Waals surface area contributed by atoms with Crippen LogP contribution in [0.1, 0.15) is 19.8 Å². The Morgan fingerprint density at radius 1 is 1.25 bits per heavy atom. The van der Waals surface area contributed by atoms with Gasteiger partial charge in [-0.1, -0.05) is 13.3 Å². The highest BCUT2D eigenvalue weighted by Crippen LogP contribution is 2.19. The molecule has 0 saturated carbocycles. The molecule has 0 fully saturated rings. The average Bonchev–Trinajstić information content (AvgIpc) is 2.39. The van der Waals surface area contributed by atoms with Crippen molar-refractivity contribution >= 4 is 17.7 Å². The van der Waals surface area contributed by atoms with Crippen molar-refractivity contribution in [3.05, 3.63) is 29.6 Å². The summed E-state index contributed by atoms with van der Waals surface area (Å²) in [6.45, 7) is 1.73. The number of carboxylic acids is 1. The lowest BCUT2D eigenvalue weighted by molar-refractivity contribution is -0.139. The number of amides is 2. The van der Waals surface area contributed by atoms with Crippen LogP contribution in [0.15, 0.2) is 12.1 Å². The molecule has 1 atom stereocenters. The fourth-order valence-corrected chi connectivity index (χ4v) is 1.49. The van der Waals surface area contributed by atoms with Crippen molar-refractivity contribution in [1.82, 2.24) is 5.32 Å². The van der Waals surface area contributed by atoms with Crippen LogP contribution in [0.25, 0.3) is 0 Å². The van der Waals surface area contributed by atoms with Gasteiger partial charge in [-0.3, -0.25) is 0 Å². The van der Waals surface area contributed by atoms with E-state index < -0.39 is 41.2 Å². The molecule has 0 heterocycles. The van der Waals surface area contributed by atoms with Crippen LogP contribution in [0.2, 0.25) is 0 Å². The van der Waals surface area contributed by atoms with Crippen LogP contribution in [0.5, 0.6) is 0 Å². The fraction of sp³-hybridized carbons (Fsp3) is 0.333. The van der Waals surface area contributed by atoms with Crippen LogP contribution >= 0.6 is 0 Å². The summed E-state index contributed by atoms with van der Waals surface area (Å²) in [7, 11) is 0. The van der Waals surface area contributed by atoms with Gasteiger partial charge in [0, 0.05) is 0 Å². The molecule has 1 aromatic rings. The first-order chi connectivity index (χ1) is 9.36. The summed E-state index contributed by atoms with van der Waals surface area (Å²) in [5, 5.41) is 12.8. The van der Waals surface area contributed by atoms with E-state index in [1.54, 1.807) is 6.92 Å². The summed E-state index contributed by atoms with van der Waals surface area (Å²) in [5.74, 6) is -5.90. The normalized spacial score (nSPS) is 11.8. The molecule has 1 aromatic carbocycles. The van der Waals surface area contributed by atoms with Gasteiger partial charge >= 0.3 is 12.0 Å². The quantitative estimate of drug-likeness (QED) is 0.729. The molecule has 110 valence electrons. The first kappa shape index (κ1) is 15.8. The molecule has 20 heavy (non-hydrogen) atoms. The van der Waals surface area contributed by atoms with Gasteiger partial charge in [-0.15, -0.1) is 0 Å². The van der Waals surface area contributed by atoms with Gasteiger partial charge in [0.1, 0.15) is 6.04 Å². The molecule has 5 nitrogen and oxygen atoms in total. The average molecular weight is 290 g/mol. The molecule has 0 spiro atoms. The Morgan fingerprint density at radius 2 is 1.90 bits per heavy atom. The molecule has 0 saturated heterocycles. The minimum Gasteiger partial charge on any atom is -0.480 e. The number of carboxylic acid groups (broad SMARTS) is 1. The number of hydrogen-bond acceptors (Lipinski definition) is 2. The number of anilines is 1. The largest absolute Gasteiger partial charge is 0.480 e. The molecule has 0 aliphatic heterocycles. The Balaban J connectivity index is 2.76. The predicted octanol–water partition coefficient (Wildman–Crippen LogP) is 2.48. The zero-order chi connectivity index (χ0) is 15.3. The van der Waals surface area contributed by atoms with E-state index in [4.69, 9.17) is 5.11 Å². The van der Waals surface area contributed by atoms with Gasteiger partial charge in [0.2, 0.25) is 0 Å². The van der Waals surface area contributed by atoms with Crippen LogP contribution in [-0.2, 0) is 4.79 Å². The molecule has 0 radical (unpaired) electrons. The van der Waals surface area contributed by atoms with Gasteiger partial charge in [0.25, 0.3) is 0 Å². The molecule has 2 amide bonds. The summed E-state index contributed by atoms with van der Waals surface area (Å²) in [4.78, 5) is 22.3. The number of halogens is 3. The van der Waals surface area contributed by atoms with Crippen LogP contribution in [0.3, 0.4) is 0 Å². The third-order valence-corrected chi connectivity index (χ3v) is 2.46. The highest BCUT2D eigenvalue weighted by Gasteiger charge is 2.20. The molecule has 1 rings (SSSR count). The topological polar surface area (TPSA) is 78.4 Å². The minimum absolute atomic E-state index is 0.184. The van der Waals surface area contributed by atoms with Crippen LogP contribution < -0.4 is 10.6 Å². The summed E-state index contributed by atoms with van der Waals surface area (Å²) in [6.07, 6.45) is 0.694. The number of urea groups is 1. The zero-order valence-corrected chi connectivity index (χ0v) is 10.5. The van der Waals surface area contributed by atoms with E-state index >= 15 is 0 Å². The van der Waals surface area contributed by atoms with E-state index in [1.165, 1.54) is 0 Å². The van der Waals surface area contributed by atoms with Gasteiger partial charge in [0.05, 0.1) is 5.69 Å². The second-order valence-electron chi connectivity index (χ2n) is 4.00. The fourth-order valence-electron chi connectivity index (χ4n) is 1.49. The Morgan fingerprint density at radius 3 is 2.45 bits per heavy atom. The van der Waals surface area contributed by atoms with Crippen LogP contribution in [-0.4, -0.2) is 23.1 Å². The standard InChI is InChI=1S/C12H13F3N2O3/c1-2-3-8(11(18)19)17-12(20)16-7-5-4-6(13)9(14)10(7)15/h4-5,8H,2-3H2,1H3,(H,18,19)(H2,16,17,20). The maximum absolute atomic E-state index is 13.3. The van der Waals surface area contributed by atoms with Crippen molar-refractivity contribution in [1.29, 1.82) is 0 Å². The van der Waals surface area contributed by atoms with Crippen molar-refractivity contribution in [2.45, 2.75) is 25.8 Å². The maximum atomic E-state index is 13.3. The summed E-state index contributed by atoms with van der Waals surface area (Å²) in [6, 6.07) is -0.679. The van der Waals surface area contributed by atoms with Gasteiger partial charge in [-0.05, 0) is 18.6 Å². The zero-order valence-electron chi connectivity index (χ0n) is 10.5. The first-order valence-electron chi connectivity index (χ1n) is 5.80. The highest BCUT2D eigenvalue weighted by atomic mass is 19.2. The van der Waals surface area contributed by atoms with E-state index in [9.17, 15) is 22.8 Å². The lowest BCUT2D eigenvalue weighted by atomic mass is 10.2. The van der Waals surface area contributed by atoms with Crippen LogP contribution in [0.4, 0.5) is 23.7 Å². The van der Waals surface area contributed by atoms with Crippen molar-refractivity contribution in [2.24, 2.45) is 0 Å². The van der Waals surface area contributed by atoms with Crippen LogP contribution in [0, 0.1) is 17.5 Å². The number of aliphatic carboxylic acids is 1. The smallest absolute Gasteiger partial charge is 0.326 e. The minimum atomic E-state index is -1.72. The molecule has 0 aliphatic rings. The Labute approximate surface area is 112 Å². The number of nitrogens with one attached hydrogen (secondary N) is 2. The van der Waals surface area contributed by atoms with E-state index in [0.717, 1.165) is 6.07 Å². The highest BCUT2D eigenvalue weighted by molar-refractivity contribution is 5.92. The monoisotopic (exact) mass is 290 g/mol. The second-order valence-corrected chi connectivity index (χ2v) is 4.00. The van der Waals surface area contributed by atoms with Gasteiger partial charge < -0.3 is 15.7 Å². The Hall–Kier alpha value is -2.25. The third-order valence-electron chi connectivity index (χ3n) is 2.46. The van der Waals surface area contributed by atoms with E-state index in [1.807, 2.05) is 5.32 Å². The number of benzene rings is 1. The number of hydrogen-bond donors (Lipinski definition) is 3. The van der Waals surface area contributed by atoms with Crippen molar-refractivity contribution in [2.75, 3.05) is 5.32 Å². The van der Waals surface area contributed by atoms with Gasteiger partial charge in [-0.2, -0.15) is 0 Å².